The van der Waals surface area contributed by atoms with Crippen molar-refractivity contribution < 1.29 is 14.3 Å². The molecule has 1 aliphatic heterocycles. The first-order valence-corrected chi connectivity index (χ1v) is 10.2. The number of hydrogen-bond donors (Lipinski definition) is 1. The Kier molecular flexibility index (Phi) is 10.2. The zero-order valence-corrected chi connectivity index (χ0v) is 18.3. The molecule has 28 heavy (non-hydrogen) atoms. The predicted octanol–water partition coefficient (Wildman–Crippen LogP) is 3.31. The first-order chi connectivity index (χ1) is 13.4. The molecule has 158 valence electrons. The summed E-state index contributed by atoms with van der Waals surface area (Å²) in [7, 11) is 3.83. The van der Waals surface area contributed by atoms with E-state index in [2.05, 4.69) is 48.5 Å². The molecule has 1 aliphatic rings. The average Bonchev–Trinajstić information content (AvgIpc) is 2.71. The molecule has 1 saturated heterocycles. The largest absolute Gasteiger partial charge is 0.447 e. The third-order valence-electron chi connectivity index (χ3n) is 5.50. The van der Waals surface area contributed by atoms with Gasteiger partial charge in [-0.1, -0.05) is 44.2 Å². The highest BCUT2D eigenvalue weighted by Gasteiger charge is 2.35. The molecular formula is C22H37N3O3. The van der Waals surface area contributed by atoms with E-state index in [0.717, 1.165) is 19.4 Å². The Labute approximate surface area is 170 Å². The lowest BCUT2D eigenvalue weighted by Gasteiger charge is -2.45. The van der Waals surface area contributed by atoms with Gasteiger partial charge in [-0.2, -0.15) is 0 Å². The third-order valence-corrected chi connectivity index (χ3v) is 5.50. The standard InChI is InChI=1S/C20H31N3O3.C2H6/c1-16(24)18(21-3)15-26-19(25)23-12-10-20(2,11-13-23)22(4)14-17-8-6-5-7-9-17;1-2/h5-9,18,21H,10-15H2,1-4H3;1-2H3. The summed E-state index contributed by atoms with van der Waals surface area (Å²) in [6.07, 6.45) is 1.46. The van der Waals surface area contributed by atoms with Gasteiger partial charge in [-0.25, -0.2) is 4.79 Å². The molecule has 1 N–H and O–H groups in total. The number of ketones is 1. The van der Waals surface area contributed by atoms with E-state index in [0.29, 0.717) is 13.1 Å². The summed E-state index contributed by atoms with van der Waals surface area (Å²) in [6, 6.07) is 9.98. The Hall–Kier alpha value is -1.92. The van der Waals surface area contributed by atoms with Gasteiger partial charge >= 0.3 is 6.09 Å². The monoisotopic (exact) mass is 391 g/mol. The first-order valence-electron chi connectivity index (χ1n) is 10.2. The summed E-state index contributed by atoms with van der Waals surface area (Å²) in [5, 5.41) is 2.86. The average molecular weight is 392 g/mol. The summed E-state index contributed by atoms with van der Waals surface area (Å²) < 4.78 is 5.31. The fourth-order valence-corrected chi connectivity index (χ4v) is 3.25. The van der Waals surface area contributed by atoms with Crippen molar-refractivity contribution in [3.8, 4) is 0 Å². The highest BCUT2D eigenvalue weighted by molar-refractivity contribution is 5.81. The number of benzene rings is 1. The molecule has 2 rings (SSSR count). The highest BCUT2D eigenvalue weighted by Crippen LogP contribution is 2.29. The van der Waals surface area contributed by atoms with Crippen LogP contribution in [0.5, 0.6) is 0 Å². The van der Waals surface area contributed by atoms with Crippen LogP contribution in [0.15, 0.2) is 30.3 Å². The molecule has 1 heterocycles. The van der Waals surface area contributed by atoms with Crippen molar-refractivity contribution in [2.24, 2.45) is 0 Å². The van der Waals surface area contributed by atoms with Crippen molar-refractivity contribution in [2.75, 3.05) is 33.8 Å². The zero-order chi connectivity index (χ0) is 21.2. The second-order valence-corrected chi connectivity index (χ2v) is 7.35. The molecule has 0 aromatic heterocycles. The summed E-state index contributed by atoms with van der Waals surface area (Å²) in [4.78, 5) is 27.8. The SMILES string of the molecule is CC.CNC(COC(=O)N1CCC(C)(N(C)Cc2ccccc2)CC1)C(C)=O. The molecule has 1 unspecified atom stereocenters. The van der Waals surface area contributed by atoms with Crippen LogP contribution in [0.1, 0.15) is 46.1 Å². The van der Waals surface area contributed by atoms with Crippen molar-refractivity contribution >= 4 is 11.9 Å². The number of nitrogens with one attached hydrogen (secondary N) is 1. The van der Waals surface area contributed by atoms with E-state index >= 15 is 0 Å². The van der Waals surface area contributed by atoms with Crippen LogP contribution in [0.4, 0.5) is 4.79 Å². The number of Topliss-reactive ketones (excluding diaryl/α,β-unsaturated/α-hetero) is 1. The molecule has 1 aromatic rings. The number of likely N-dealkylation sites (N-methyl/N-ethyl adjacent to an activating group) is 1. The summed E-state index contributed by atoms with van der Waals surface area (Å²) in [5.41, 5.74) is 1.35. The Balaban J connectivity index is 0.00000190. The molecular weight excluding hydrogens is 354 g/mol. The van der Waals surface area contributed by atoms with Gasteiger partial charge in [0, 0.05) is 25.2 Å². The maximum absolute atomic E-state index is 12.3. The quantitative estimate of drug-likeness (QED) is 0.773. The molecule has 0 spiro atoms. The lowest BCUT2D eigenvalue weighted by atomic mass is 9.88. The van der Waals surface area contributed by atoms with Crippen LogP contribution in [-0.2, 0) is 16.1 Å². The molecule has 0 radical (unpaired) electrons. The summed E-state index contributed by atoms with van der Waals surface area (Å²) in [5.74, 6) is -0.0333. The van der Waals surface area contributed by atoms with E-state index in [4.69, 9.17) is 4.74 Å². The van der Waals surface area contributed by atoms with Crippen molar-refractivity contribution in [1.82, 2.24) is 15.1 Å². The number of amides is 1. The van der Waals surface area contributed by atoms with Crippen LogP contribution in [0, 0.1) is 0 Å². The molecule has 1 atom stereocenters. The number of rotatable bonds is 7. The minimum Gasteiger partial charge on any atom is -0.447 e. The number of carbonyl (C=O) groups excluding carboxylic acids is 2. The van der Waals surface area contributed by atoms with E-state index in [1.807, 2.05) is 19.9 Å². The Bertz CT molecular complexity index is 598. The van der Waals surface area contributed by atoms with Gasteiger partial charge in [0.2, 0.25) is 0 Å². The van der Waals surface area contributed by atoms with Gasteiger partial charge in [-0.05, 0) is 46.3 Å². The van der Waals surface area contributed by atoms with E-state index < -0.39 is 6.04 Å². The van der Waals surface area contributed by atoms with E-state index in [1.54, 1.807) is 11.9 Å². The molecule has 6 heteroatoms. The number of nitrogens with zero attached hydrogens (tertiary/aromatic N) is 2. The van der Waals surface area contributed by atoms with Crippen LogP contribution in [-0.4, -0.2) is 67.0 Å². The molecule has 0 aliphatic carbocycles. The van der Waals surface area contributed by atoms with Gasteiger partial charge in [-0.3, -0.25) is 9.69 Å². The van der Waals surface area contributed by atoms with Gasteiger partial charge in [-0.15, -0.1) is 0 Å². The number of ether oxygens (including phenoxy) is 1. The fourth-order valence-electron chi connectivity index (χ4n) is 3.25. The van der Waals surface area contributed by atoms with Crippen LogP contribution in [0.2, 0.25) is 0 Å². The van der Waals surface area contributed by atoms with Crippen molar-refractivity contribution in [3.05, 3.63) is 35.9 Å². The number of carbonyl (C=O) groups is 2. The van der Waals surface area contributed by atoms with Gasteiger partial charge in [0.05, 0.1) is 0 Å². The van der Waals surface area contributed by atoms with Gasteiger partial charge in [0.25, 0.3) is 0 Å². The van der Waals surface area contributed by atoms with Crippen molar-refractivity contribution in [3.63, 3.8) is 0 Å². The summed E-state index contributed by atoms with van der Waals surface area (Å²) in [6.45, 7) is 10.0. The Morgan fingerprint density at radius 1 is 1.21 bits per heavy atom. The smallest absolute Gasteiger partial charge is 0.409 e. The van der Waals surface area contributed by atoms with Crippen LogP contribution >= 0.6 is 0 Å². The lowest BCUT2D eigenvalue weighted by Crippen LogP contribution is -2.53. The lowest BCUT2D eigenvalue weighted by molar-refractivity contribution is -0.119. The van der Waals surface area contributed by atoms with E-state index in [9.17, 15) is 9.59 Å². The molecule has 0 saturated carbocycles. The molecule has 6 nitrogen and oxygen atoms in total. The molecule has 0 bridgehead atoms. The molecule has 1 aromatic carbocycles. The first kappa shape index (κ1) is 24.1. The Morgan fingerprint density at radius 3 is 2.29 bits per heavy atom. The number of hydrogen-bond acceptors (Lipinski definition) is 5. The van der Waals surface area contributed by atoms with Crippen LogP contribution in [0.25, 0.3) is 0 Å². The number of piperidine rings is 1. The predicted molar refractivity (Wildman–Crippen MR) is 113 cm³/mol. The molecule has 1 amide bonds. The third kappa shape index (κ3) is 6.91. The Morgan fingerprint density at radius 2 is 1.79 bits per heavy atom. The van der Waals surface area contributed by atoms with Gasteiger partial charge in [0.15, 0.2) is 0 Å². The van der Waals surface area contributed by atoms with Crippen molar-refractivity contribution in [1.29, 1.82) is 0 Å². The second-order valence-electron chi connectivity index (χ2n) is 7.35. The minimum atomic E-state index is -0.439. The molecule has 1 fully saturated rings. The maximum Gasteiger partial charge on any atom is 0.409 e. The fraction of sp³-hybridized carbons (Fsp3) is 0.636. The van der Waals surface area contributed by atoms with E-state index in [1.165, 1.54) is 12.5 Å². The second kappa shape index (κ2) is 11.8. The summed E-state index contributed by atoms with van der Waals surface area (Å²) >= 11 is 0. The highest BCUT2D eigenvalue weighted by atomic mass is 16.6. The minimum absolute atomic E-state index is 0.0333. The normalized spacial score (nSPS) is 16.8. The maximum atomic E-state index is 12.3. The van der Waals surface area contributed by atoms with E-state index in [-0.39, 0.29) is 24.0 Å². The van der Waals surface area contributed by atoms with Gasteiger partial charge < -0.3 is 15.0 Å². The van der Waals surface area contributed by atoms with Crippen LogP contribution in [0.3, 0.4) is 0 Å². The topological polar surface area (TPSA) is 61.9 Å². The van der Waals surface area contributed by atoms with Gasteiger partial charge in [0.1, 0.15) is 18.4 Å². The zero-order valence-electron chi connectivity index (χ0n) is 18.3. The van der Waals surface area contributed by atoms with Crippen LogP contribution < -0.4 is 5.32 Å². The van der Waals surface area contributed by atoms with Crippen molar-refractivity contribution in [2.45, 2.75) is 58.7 Å². The number of likely N-dealkylation sites (tertiary alicyclic amines) is 1.